The van der Waals surface area contributed by atoms with E-state index in [9.17, 15) is 0 Å². The quantitative estimate of drug-likeness (QED) is 0.692. The van der Waals surface area contributed by atoms with Crippen LogP contribution < -0.4 is 4.74 Å². The van der Waals surface area contributed by atoms with Crippen molar-refractivity contribution in [2.45, 2.75) is 11.7 Å². The highest BCUT2D eigenvalue weighted by Gasteiger charge is 2.19. The summed E-state index contributed by atoms with van der Waals surface area (Å²) in [6, 6.07) is 8.37. The first-order valence-electron chi connectivity index (χ1n) is 4.16. The molecule has 1 nitrogen and oxygen atoms in total. The molecule has 2 rings (SSSR count). The van der Waals surface area contributed by atoms with Crippen molar-refractivity contribution >= 4 is 11.8 Å². The van der Waals surface area contributed by atoms with Crippen molar-refractivity contribution in [3.8, 4) is 5.75 Å². The van der Waals surface area contributed by atoms with E-state index in [-0.39, 0.29) is 0 Å². The summed E-state index contributed by atoms with van der Waals surface area (Å²) < 4.78 is 5.16. The number of benzene rings is 1. The molecule has 0 saturated carbocycles. The van der Waals surface area contributed by atoms with Gasteiger partial charge in [-0.15, -0.1) is 0 Å². The summed E-state index contributed by atoms with van der Waals surface area (Å²) in [6.07, 6.45) is 1.32. The highest BCUT2D eigenvalue weighted by atomic mass is 32.2. The molecular weight excluding hydrogens is 168 g/mol. The fourth-order valence-corrected chi connectivity index (χ4v) is 2.15. The second kappa shape index (κ2) is 3.40. The molecule has 1 aliphatic rings. The smallest absolute Gasteiger partial charge is 0.119 e. The van der Waals surface area contributed by atoms with Crippen molar-refractivity contribution < 1.29 is 4.74 Å². The number of hydrogen-bond acceptors (Lipinski definition) is 2. The fourth-order valence-electron chi connectivity index (χ4n) is 1.34. The van der Waals surface area contributed by atoms with Crippen molar-refractivity contribution in [2.24, 2.45) is 0 Å². The zero-order valence-electron chi connectivity index (χ0n) is 7.12. The van der Waals surface area contributed by atoms with Crippen LogP contribution >= 0.6 is 11.8 Å². The van der Waals surface area contributed by atoms with Gasteiger partial charge in [-0.1, -0.05) is 12.1 Å². The SMILES string of the molecule is COc1cccc(C2CCS2)c1. The van der Waals surface area contributed by atoms with Gasteiger partial charge in [-0.05, 0) is 29.9 Å². The summed E-state index contributed by atoms with van der Waals surface area (Å²) in [6.45, 7) is 0. The molecule has 1 fully saturated rings. The lowest BCUT2D eigenvalue weighted by molar-refractivity contribution is 0.414. The van der Waals surface area contributed by atoms with Gasteiger partial charge in [0.15, 0.2) is 0 Å². The van der Waals surface area contributed by atoms with E-state index in [1.807, 2.05) is 17.8 Å². The zero-order valence-corrected chi connectivity index (χ0v) is 7.93. The lowest BCUT2D eigenvalue weighted by Crippen LogP contribution is -2.06. The van der Waals surface area contributed by atoms with Gasteiger partial charge in [0.1, 0.15) is 5.75 Å². The Morgan fingerprint density at radius 3 is 2.92 bits per heavy atom. The number of thioether (sulfide) groups is 1. The molecule has 0 spiro atoms. The molecular formula is C10H12OS. The van der Waals surface area contributed by atoms with Crippen molar-refractivity contribution in [2.75, 3.05) is 12.9 Å². The standard InChI is InChI=1S/C10H12OS/c1-11-9-4-2-3-8(7-9)10-5-6-12-10/h2-4,7,10H,5-6H2,1H3. The summed E-state index contributed by atoms with van der Waals surface area (Å²) in [7, 11) is 1.72. The van der Waals surface area contributed by atoms with E-state index in [1.165, 1.54) is 17.7 Å². The Bertz CT molecular complexity index is 268. The molecule has 0 radical (unpaired) electrons. The molecule has 1 atom stereocenters. The minimum absolute atomic E-state index is 0.722. The van der Waals surface area contributed by atoms with E-state index >= 15 is 0 Å². The predicted molar refractivity (Wildman–Crippen MR) is 52.8 cm³/mol. The van der Waals surface area contributed by atoms with Gasteiger partial charge in [0.05, 0.1) is 7.11 Å². The van der Waals surface area contributed by atoms with Gasteiger partial charge < -0.3 is 4.74 Å². The molecule has 0 N–H and O–H groups in total. The van der Waals surface area contributed by atoms with Gasteiger partial charge in [0.25, 0.3) is 0 Å². The van der Waals surface area contributed by atoms with Crippen LogP contribution in [0.4, 0.5) is 0 Å². The first-order valence-corrected chi connectivity index (χ1v) is 5.20. The average molecular weight is 180 g/mol. The fraction of sp³-hybridized carbons (Fsp3) is 0.400. The Kier molecular flexibility index (Phi) is 2.26. The summed E-state index contributed by atoms with van der Waals surface area (Å²) in [4.78, 5) is 0. The monoisotopic (exact) mass is 180 g/mol. The molecule has 12 heavy (non-hydrogen) atoms. The van der Waals surface area contributed by atoms with Gasteiger partial charge in [-0.25, -0.2) is 0 Å². The third kappa shape index (κ3) is 1.44. The van der Waals surface area contributed by atoms with E-state index in [1.54, 1.807) is 7.11 Å². The normalized spacial score (nSPS) is 21.6. The molecule has 1 aliphatic heterocycles. The summed E-state index contributed by atoms with van der Waals surface area (Å²) in [5, 5.41) is 0.722. The minimum Gasteiger partial charge on any atom is -0.497 e. The van der Waals surface area contributed by atoms with Gasteiger partial charge in [-0.3, -0.25) is 0 Å². The zero-order chi connectivity index (χ0) is 8.39. The van der Waals surface area contributed by atoms with Crippen LogP contribution in [-0.4, -0.2) is 12.9 Å². The number of methoxy groups -OCH3 is 1. The molecule has 64 valence electrons. The second-order valence-electron chi connectivity index (χ2n) is 2.92. The highest BCUT2D eigenvalue weighted by Crippen LogP contribution is 2.42. The van der Waals surface area contributed by atoms with Crippen LogP contribution in [0.5, 0.6) is 5.75 Å². The Balaban J connectivity index is 2.19. The van der Waals surface area contributed by atoms with Crippen LogP contribution in [0.15, 0.2) is 24.3 Å². The number of ether oxygens (including phenoxy) is 1. The van der Waals surface area contributed by atoms with Crippen LogP contribution in [0, 0.1) is 0 Å². The van der Waals surface area contributed by atoms with Gasteiger partial charge >= 0.3 is 0 Å². The summed E-state index contributed by atoms with van der Waals surface area (Å²) >= 11 is 2.02. The molecule has 0 amide bonds. The Morgan fingerprint density at radius 2 is 2.33 bits per heavy atom. The van der Waals surface area contributed by atoms with E-state index in [0.717, 1.165) is 11.0 Å². The van der Waals surface area contributed by atoms with Crippen molar-refractivity contribution in [3.05, 3.63) is 29.8 Å². The van der Waals surface area contributed by atoms with Crippen LogP contribution in [-0.2, 0) is 0 Å². The van der Waals surface area contributed by atoms with Gasteiger partial charge in [0.2, 0.25) is 0 Å². The van der Waals surface area contributed by atoms with E-state index in [2.05, 4.69) is 18.2 Å². The van der Waals surface area contributed by atoms with Crippen molar-refractivity contribution in [1.29, 1.82) is 0 Å². The summed E-state index contributed by atoms with van der Waals surface area (Å²) in [5.74, 6) is 2.28. The first-order chi connectivity index (χ1) is 5.90. The Labute approximate surface area is 77.1 Å². The Hall–Kier alpha value is -0.630. The maximum absolute atomic E-state index is 5.16. The lowest BCUT2D eigenvalue weighted by atomic mass is 10.1. The average Bonchev–Trinajstić information content (AvgIpc) is 2.02. The Morgan fingerprint density at radius 1 is 1.50 bits per heavy atom. The molecule has 1 aromatic carbocycles. The molecule has 1 saturated heterocycles. The number of hydrogen-bond donors (Lipinski definition) is 0. The topological polar surface area (TPSA) is 9.23 Å². The second-order valence-corrected chi connectivity index (χ2v) is 4.24. The van der Waals surface area contributed by atoms with Gasteiger partial charge in [0, 0.05) is 5.25 Å². The van der Waals surface area contributed by atoms with Gasteiger partial charge in [-0.2, -0.15) is 11.8 Å². The molecule has 2 heteroatoms. The molecule has 1 unspecified atom stereocenters. The minimum atomic E-state index is 0.722. The largest absolute Gasteiger partial charge is 0.497 e. The lowest BCUT2D eigenvalue weighted by Gasteiger charge is -2.25. The molecule has 0 bridgehead atoms. The van der Waals surface area contributed by atoms with Crippen LogP contribution in [0.1, 0.15) is 17.2 Å². The third-order valence-electron chi connectivity index (χ3n) is 2.16. The molecule has 1 heterocycles. The van der Waals surface area contributed by atoms with Crippen molar-refractivity contribution in [3.63, 3.8) is 0 Å². The highest BCUT2D eigenvalue weighted by molar-refractivity contribution is 8.00. The molecule has 1 aromatic rings. The first kappa shape index (κ1) is 7.99. The van der Waals surface area contributed by atoms with Crippen LogP contribution in [0.25, 0.3) is 0 Å². The summed E-state index contributed by atoms with van der Waals surface area (Å²) in [5.41, 5.74) is 1.41. The molecule has 0 aliphatic carbocycles. The van der Waals surface area contributed by atoms with Crippen LogP contribution in [0.2, 0.25) is 0 Å². The van der Waals surface area contributed by atoms with E-state index in [4.69, 9.17) is 4.74 Å². The van der Waals surface area contributed by atoms with E-state index < -0.39 is 0 Å². The molecule has 0 aromatic heterocycles. The third-order valence-corrected chi connectivity index (χ3v) is 3.55. The van der Waals surface area contributed by atoms with Crippen LogP contribution in [0.3, 0.4) is 0 Å². The maximum atomic E-state index is 5.16. The van der Waals surface area contributed by atoms with E-state index in [0.29, 0.717) is 0 Å². The number of rotatable bonds is 2. The predicted octanol–water partition coefficient (Wildman–Crippen LogP) is 2.87. The van der Waals surface area contributed by atoms with Crippen molar-refractivity contribution in [1.82, 2.24) is 0 Å². The maximum Gasteiger partial charge on any atom is 0.119 e.